The van der Waals surface area contributed by atoms with E-state index < -0.39 is 36.9 Å². The second-order valence-corrected chi connectivity index (χ2v) is 11.5. The third-order valence-corrected chi connectivity index (χ3v) is 8.26. The number of benzene rings is 1. The molecule has 31 heavy (non-hydrogen) atoms. The summed E-state index contributed by atoms with van der Waals surface area (Å²) in [4.78, 5) is 10.4. The molecule has 1 aliphatic heterocycles. The smallest absolute Gasteiger partial charge is 0.303 e. The van der Waals surface area contributed by atoms with Gasteiger partial charge in [0.05, 0.1) is 15.6 Å². The number of unbranched alkanes of at least 4 members (excludes halogenated alkanes) is 2. The molecular weight excluding hydrogens is 446 g/mol. The number of nitrogens with zero attached hydrogens (tertiary/aromatic N) is 1. The van der Waals surface area contributed by atoms with Gasteiger partial charge in [-0.1, -0.05) is 12.8 Å². The minimum absolute atomic E-state index is 0.0776. The van der Waals surface area contributed by atoms with Gasteiger partial charge in [0.2, 0.25) is 5.69 Å². The summed E-state index contributed by atoms with van der Waals surface area (Å²) in [6.07, 6.45) is 2.76. The average Bonchev–Trinajstić information content (AvgIpc) is 2.85. The Hall–Kier alpha value is -1.82. The van der Waals surface area contributed by atoms with E-state index >= 15 is 0 Å². The first kappa shape index (κ1) is 25.4. The minimum Gasteiger partial charge on any atom is -0.744 e. The summed E-state index contributed by atoms with van der Waals surface area (Å²) in [6.45, 7) is 5.51. The molecule has 1 aromatic rings. The number of hydrogen-bond donors (Lipinski definition) is 2. The van der Waals surface area contributed by atoms with E-state index in [1.807, 2.05) is 18.4 Å². The molecule has 2 N–H and O–H groups in total. The summed E-state index contributed by atoms with van der Waals surface area (Å²) in [5.74, 6) is -0.857. The Morgan fingerprint density at radius 2 is 1.84 bits per heavy atom. The van der Waals surface area contributed by atoms with E-state index in [1.54, 1.807) is 6.07 Å². The zero-order valence-electron chi connectivity index (χ0n) is 17.9. The molecule has 0 spiro atoms. The van der Waals surface area contributed by atoms with Crippen LogP contribution in [0.3, 0.4) is 0 Å². The summed E-state index contributed by atoms with van der Waals surface area (Å²) in [5, 5.41) is 7.83. The quantitative estimate of drug-likeness (QED) is 0.281. The second-order valence-electron chi connectivity index (χ2n) is 8.27. The Morgan fingerprint density at radius 3 is 2.39 bits per heavy atom. The largest absolute Gasteiger partial charge is 0.744 e. The van der Waals surface area contributed by atoms with Crippen LogP contribution in [0.1, 0.15) is 64.9 Å². The number of carboxylic acid groups (broad SMARTS) is 1. The van der Waals surface area contributed by atoms with Crippen LogP contribution < -0.4 is 0 Å². The highest BCUT2D eigenvalue weighted by molar-refractivity contribution is 7.86. The molecule has 11 heteroatoms. The molecule has 0 fully saturated rings. The molecule has 174 valence electrons. The van der Waals surface area contributed by atoms with Crippen molar-refractivity contribution in [1.29, 1.82) is 0 Å². The van der Waals surface area contributed by atoms with E-state index in [2.05, 4.69) is 0 Å². The Kier molecular flexibility index (Phi) is 7.68. The zero-order valence-corrected chi connectivity index (χ0v) is 19.5. The molecule has 0 aromatic heterocycles. The van der Waals surface area contributed by atoms with E-state index in [0.29, 0.717) is 36.9 Å². The van der Waals surface area contributed by atoms with E-state index in [4.69, 9.17) is 5.11 Å². The first-order valence-corrected chi connectivity index (χ1v) is 13.0. The molecule has 0 amide bonds. The van der Waals surface area contributed by atoms with Crippen LogP contribution in [0.4, 0.5) is 5.69 Å². The summed E-state index contributed by atoms with van der Waals surface area (Å²) >= 11 is 0. The molecule has 2 atom stereocenters. The fourth-order valence-corrected chi connectivity index (χ4v) is 4.92. The average molecular weight is 476 g/mol. The summed E-state index contributed by atoms with van der Waals surface area (Å²) in [6, 6.07) is 4.17. The van der Waals surface area contributed by atoms with Crippen molar-refractivity contribution in [2.75, 3.05) is 6.54 Å². The standard InChI is InChI=1S/C20H29NO8S2/c1-14(30(24,25)26)10-12-21-15(2)20(3,11-6-4-5-7-19(22)23)17-13-16(31(27,28)29)8-9-18(17)21/h8-9,13-14H,4-7,10-12H2,1-3H3,(H2-,22,23,24,25,26,27,28,29). The number of fused-ring (bicyclic) bond motifs is 1. The fraction of sp³-hybridized carbons (Fsp3) is 0.600. The summed E-state index contributed by atoms with van der Waals surface area (Å²) in [7, 11) is -8.82. The Labute approximate surface area is 183 Å². The van der Waals surface area contributed by atoms with Gasteiger partial charge in [-0.3, -0.25) is 9.35 Å². The van der Waals surface area contributed by atoms with Gasteiger partial charge in [0.1, 0.15) is 16.7 Å². The molecule has 0 aliphatic carbocycles. The Morgan fingerprint density at radius 1 is 1.19 bits per heavy atom. The topological polar surface area (TPSA) is 152 Å². The van der Waals surface area contributed by atoms with E-state index in [9.17, 15) is 30.7 Å². The lowest BCUT2D eigenvalue weighted by atomic mass is 9.76. The van der Waals surface area contributed by atoms with Crippen molar-refractivity contribution >= 4 is 37.6 Å². The van der Waals surface area contributed by atoms with Crippen molar-refractivity contribution in [2.45, 2.75) is 74.9 Å². The molecule has 2 rings (SSSR count). The van der Waals surface area contributed by atoms with Gasteiger partial charge in [0.25, 0.3) is 10.1 Å². The van der Waals surface area contributed by atoms with Gasteiger partial charge in [-0.15, -0.1) is 0 Å². The zero-order chi connectivity index (χ0) is 23.6. The van der Waals surface area contributed by atoms with Gasteiger partial charge in [0.15, 0.2) is 5.71 Å². The number of rotatable bonds is 11. The highest BCUT2D eigenvalue weighted by Crippen LogP contribution is 2.44. The predicted octanol–water partition coefficient (Wildman–Crippen LogP) is 2.67. The molecule has 9 nitrogen and oxygen atoms in total. The molecule has 0 saturated carbocycles. The van der Waals surface area contributed by atoms with Crippen molar-refractivity contribution in [3.63, 3.8) is 0 Å². The SMILES string of the molecule is CC1=[N+](CCC(C)S(=O)(=O)O)c2ccc(S(=O)(=O)[O-])cc2C1(C)CCCCCC(=O)O. The molecule has 1 heterocycles. The first-order valence-electron chi connectivity index (χ1n) is 10.1. The molecule has 2 unspecified atom stereocenters. The van der Waals surface area contributed by atoms with E-state index in [0.717, 1.165) is 5.71 Å². The van der Waals surface area contributed by atoms with E-state index in [-0.39, 0.29) is 24.3 Å². The molecular formula is C20H29NO8S2. The van der Waals surface area contributed by atoms with Crippen LogP contribution in [0.2, 0.25) is 0 Å². The highest BCUT2D eigenvalue weighted by atomic mass is 32.2. The molecule has 0 saturated heterocycles. The van der Waals surface area contributed by atoms with Crippen molar-refractivity contribution in [3.05, 3.63) is 23.8 Å². The Bertz CT molecular complexity index is 1090. The monoisotopic (exact) mass is 475 g/mol. The van der Waals surface area contributed by atoms with Crippen LogP contribution in [-0.2, 0) is 30.4 Å². The predicted molar refractivity (Wildman–Crippen MR) is 114 cm³/mol. The molecule has 1 aliphatic rings. The maximum atomic E-state index is 11.6. The van der Waals surface area contributed by atoms with Gasteiger partial charge in [-0.05, 0) is 38.8 Å². The lowest BCUT2D eigenvalue weighted by Crippen LogP contribution is -2.31. The maximum Gasteiger partial charge on any atom is 0.303 e. The second kappa shape index (κ2) is 9.35. The van der Waals surface area contributed by atoms with Crippen LogP contribution in [0.5, 0.6) is 0 Å². The van der Waals surface area contributed by atoms with Crippen LogP contribution in [0, 0.1) is 0 Å². The third-order valence-electron chi connectivity index (χ3n) is 6.18. The number of aliphatic carboxylic acids is 1. The van der Waals surface area contributed by atoms with Crippen molar-refractivity contribution in [3.8, 4) is 0 Å². The minimum atomic E-state index is -4.65. The highest BCUT2D eigenvalue weighted by Gasteiger charge is 2.46. The number of carboxylic acids is 1. The van der Waals surface area contributed by atoms with Crippen molar-refractivity contribution in [1.82, 2.24) is 0 Å². The van der Waals surface area contributed by atoms with Crippen molar-refractivity contribution < 1.29 is 40.4 Å². The van der Waals surface area contributed by atoms with Gasteiger partial charge in [-0.2, -0.15) is 13.0 Å². The van der Waals surface area contributed by atoms with Gasteiger partial charge < -0.3 is 9.66 Å². The Balaban J connectivity index is 2.38. The van der Waals surface area contributed by atoms with Gasteiger partial charge in [0, 0.05) is 31.4 Å². The van der Waals surface area contributed by atoms with Crippen LogP contribution in [0.15, 0.2) is 23.1 Å². The van der Waals surface area contributed by atoms with Crippen LogP contribution in [-0.4, -0.2) is 59.1 Å². The first-order chi connectivity index (χ1) is 14.2. The number of carbonyl (C=O) groups is 1. The van der Waals surface area contributed by atoms with Gasteiger partial charge in [-0.25, -0.2) is 8.42 Å². The third kappa shape index (κ3) is 5.91. The van der Waals surface area contributed by atoms with Crippen LogP contribution in [0.25, 0.3) is 0 Å². The molecule has 0 radical (unpaired) electrons. The normalized spacial score (nSPS) is 20.0. The number of hydrogen-bond acceptors (Lipinski definition) is 6. The van der Waals surface area contributed by atoms with E-state index in [1.165, 1.54) is 19.1 Å². The lowest BCUT2D eigenvalue weighted by molar-refractivity contribution is -0.439. The fourth-order valence-electron chi connectivity index (χ4n) is 4.02. The lowest BCUT2D eigenvalue weighted by Gasteiger charge is -2.23. The molecule has 1 aromatic carbocycles. The maximum absolute atomic E-state index is 11.6. The summed E-state index contributed by atoms with van der Waals surface area (Å²) < 4.78 is 68.6. The summed E-state index contributed by atoms with van der Waals surface area (Å²) in [5.41, 5.74) is 1.64. The van der Waals surface area contributed by atoms with Gasteiger partial charge >= 0.3 is 5.97 Å². The van der Waals surface area contributed by atoms with Crippen LogP contribution >= 0.6 is 0 Å². The van der Waals surface area contributed by atoms with Crippen molar-refractivity contribution in [2.24, 2.45) is 0 Å². The molecule has 0 bridgehead atoms.